The summed E-state index contributed by atoms with van der Waals surface area (Å²) in [4.78, 5) is 0. The van der Waals surface area contributed by atoms with Crippen LogP contribution in [0.5, 0.6) is 5.75 Å². The third-order valence-corrected chi connectivity index (χ3v) is 3.56. The smallest absolute Gasteiger partial charge is 0.248 e. The van der Waals surface area contributed by atoms with Gasteiger partial charge >= 0.3 is 0 Å². The molecule has 100 valence electrons. The van der Waals surface area contributed by atoms with E-state index in [1.165, 1.54) is 0 Å². The molecule has 1 aliphatic rings. The molecule has 0 bridgehead atoms. The normalized spacial score (nSPS) is 23.9. The van der Waals surface area contributed by atoms with Crippen molar-refractivity contribution in [1.29, 1.82) is 0 Å². The van der Waals surface area contributed by atoms with E-state index in [0.29, 0.717) is 12.8 Å². The highest BCUT2D eigenvalue weighted by Gasteiger charge is 2.41. The van der Waals surface area contributed by atoms with Crippen LogP contribution in [-0.2, 0) is 6.42 Å². The first-order chi connectivity index (χ1) is 8.50. The molecular weight excluding hydrogens is 238 g/mol. The molecule has 0 radical (unpaired) electrons. The molecule has 1 aromatic rings. The van der Waals surface area contributed by atoms with E-state index in [1.54, 1.807) is 7.11 Å². The molecule has 4 heteroatoms. The molecular formula is C14H18F2O2. The topological polar surface area (TPSA) is 29.5 Å². The summed E-state index contributed by atoms with van der Waals surface area (Å²) in [6, 6.07) is 7.36. The van der Waals surface area contributed by atoms with Crippen molar-refractivity contribution in [2.24, 2.45) is 5.92 Å². The van der Waals surface area contributed by atoms with Gasteiger partial charge in [-0.05, 0) is 36.5 Å². The van der Waals surface area contributed by atoms with Gasteiger partial charge in [0.1, 0.15) is 5.75 Å². The molecule has 2 rings (SSSR count). The van der Waals surface area contributed by atoms with Crippen molar-refractivity contribution in [3.05, 3.63) is 29.8 Å². The van der Waals surface area contributed by atoms with Crippen molar-refractivity contribution in [3.63, 3.8) is 0 Å². The third kappa shape index (κ3) is 3.19. The van der Waals surface area contributed by atoms with E-state index in [1.807, 2.05) is 24.3 Å². The van der Waals surface area contributed by atoms with Gasteiger partial charge in [0, 0.05) is 12.8 Å². The second-order valence-electron chi connectivity index (χ2n) is 4.98. The summed E-state index contributed by atoms with van der Waals surface area (Å²) in [5.74, 6) is -2.18. The van der Waals surface area contributed by atoms with Gasteiger partial charge in [-0.2, -0.15) is 0 Å². The number of ether oxygens (including phenoxy) is 1. The molecule has 2 atom stereocenters. The number of benzene rings is 1. The minimum atomic E-state index is -2.60. The first-order valence-corrected chi connectivity index (χ1v) is 6.19. The SMILES string of the molecule is COc1cccc(CC(O)C2CCC(F)(F)C2)c1. The fourth-order valence-electron chi connectivity index (χ4n) is 2.52. The Labute approximate surface area is 106 Å². The van der Waals surface area contributed by atoms with Crippen LogP contribution in [-0.4, -0.2) is 24.2 Å². The highest BCUT2D eigenvalue weighted by Crippen LogP contribution is 2.40. The highest BCUT2D eigenvalue weighted by molar-refractivity contribution is 5.28. The van der Waals surface area contributed by atoms with Gasteiger partial charge in [0.2, 0.25) is 5.92 Å². The monoisotopic (exact) mass is 256 g/mol. The Morgan fingerprint density at radius 2 is 2.28 bits per heavy atom. The van der Waals surface area contributed by atoms with E-state index in [-0.39, 0.29) is 18.8 Å². The van der Waals surface area contributed by atoms with Crippen LogP contribution in [0.25, 0.3) is 0 Å². The Balaban J connectivity index is 1.96. The van der Waals surface area contributed by atoms with Crippen molar-refractivity contribution < 1.29 is 18.6 Å². The Morgan fingerprint density at radius 3 is 2.89 bits per heavy atom. The van der Waals surface area contributed by atoms with Crippen LogP contribution in [0.4, 0.5) is 8.78 Å². The van der Waals surface area contributed by atoms with Gasteiger partial charge < -0.3 is 9.84 Å². The molecule has 0 saturated heterocycles. The van der Waals surface area contributed by atoms with E-state index >= 15 is 0 Å². The fourth-order valence-corrected chi connectivity index (χ4v) is 2.52. The number of alkyl halides is 2. The van der Waals surface area contributed by atoms with Crippen LogP contribution in [0.1, 0.15) is 24.8 Å². The summed E-state index contributed by atoms with van der Waals surface area (Å²) in [6.45, 7) is 0. The Morgan fingerprint density at radius 1 is 1.50 bits per heavy atom. The lowest BCUT2D eigenvalue weighted by molar-refractivity contribution is -0.00480. The molecule has 2 unspecified atom stereocenters. The van der Waals surface area contributed by atoms with E-state index in [4.69, 9.17) is 4.74 Å². The third-order valence-electron chi connectivity index (χ3n) is 3.56. The predicted octanol–water partition coefficient (Wildman–Crippen LogP) is 3.03. The van der Waals surface area contributed by atoms with E-state index in [9.17, 15) is 13.9 Å². The van der Waals surface area contributed by atoms with Gasteiger partial charge in [-0.3, -0.25) is 0 Å². The molecule has 1 N–H and O–H groups in total. The quantitative estimate of drug-likeness (QED) is 0.897. The number of aliphatic hydroxyl groups is 1. The van der Waals surface area contributed by atoms with Crippen molar-refractivity contribution in [1.82, 2.24) is 0 Å². The lowest BCUT2D eigenvalue weighted by Crippen LogP contribution is -2.22. The van der Waals surface area contributed by atoms with Crippen LogP contribution < -0.4 is 4.74 Å². The summed E-state index contributed by atoms with van der Waals surface area (Å²) in [7, 11) is 1.58. The molecule has 2 nitrogen and oxygen atoms in total. The van der Waals surface area contributed by atoms with Gasteiger partial charge in [0.25, 0.3) is 0 Å². The maximum atomic E-state index is 13.1. The second kappa shape index (κ2) is 5.22. The predicted molar refractivity (Wildman–Crippen MR) is 65.0 cm³/mol. The lowest BCUT2D eigenvalue weighted by Gasteiger charge is -2.18. The summed E-state index contributed by atoms with van der Waals surface area (Å²) >= 11 is 0. The molecule has 1 fully saturated rings. The average Bonchev–Trinajstić information content (AvgIpc) is 2.70. The molecule has 1 aliphatic carbocycles. The van der Waals surface area contributed by atoms with Crippen LogP contribution in [0.3, 0.4) is 0 Å². The number of rotatable bonds is 4. The maximum absolute atomic E-state index is 13.1. The molecule has 0 aromatic heterocycles. The van der Waals surface area contributed by atoms with Gasteiger partial charge in [-0.1, -0.05) is 12.1 Å². The fraction of sp³-hybridized carbons (Fsp3) is 0.571. The van der Waals surface area contributed by atoms with Crippen molar-refractivity contribution in [2.75, 3.05) is 7.11 Å². The van der Waals surface area contributed by atoms with Crippen LogP contribution in [0, 0.1) is 5.92 Å². The van der Waals surface area contributed by atoms with E-state index < -0.39 is 12.0 Å². The minimum Gasteiger partial charge on any atom is -0.497 e. The van der Waals surface area contributed by atoms with Crippen LogP contribution in [0.15, 0.2) is 24.3 Å². The number of aliphatic hydroxyl groups excluding tert-OH is 1. The highest BCUT2D eigenvalue weighted by atomic mass is 19.3. The molecule has 0 heterocycles. The van der Waals surface area contributed by atoms with E-state index in [0.717, 1.165) is 11.3 Å². The molecule has 1 aromatic carbocycles. The Kier molecular flexibility index (Phi) is 3.85. The molecule has 1 saturated carbocycles. The van der Waals surface area contributed by atoms with Gasteiger partial charge in [-0.25, -0.2) is 8.78 Å². The summed E-state index contributed by atoms with van der Waals surface area (Å²) < 4.78 is 31.3. The second-order valence-corrected chi connectivity index (χ2v) is 4.98. The average molecular weight is 256 g/mol. The van der Waals surface area contributed by atoms with Crippen molar-refractivity contribution in [2.45, 2.75) is 37.7 Å². The van der Waals surface area contributed by atoms with Crippen LogP contribution >= 0.6 is 0 Å². The summed E-state index contributed by atoms with van der Waals surface area (Å²) in [6.07, 6.45) is -0.202. The number of hydrogen-bond donors (Lipinski definition) is 1. The largest absolute Gasteiger partial charge is 0.497 e. The summed E-state index contributed by atoms with van der Waals surface area (Å²) in [5, 5.41) is 10.0. The molecule has 0 aliphatic heterocycles. The molecule has 0 amide bonds. The number of halogens is 2. The zero-order chi connectivity index (χ0) is 13.2. The zero-order valence-corrected chi connectivity index (χ0v) is 10.4. The Bertz CT molecular complexity index is 407. The number of methoxy groups -OCH3 is 1. The van der Waals surface area contributed by atoms with E-state index in [2.05, 4.69) is 0 Å². The van der Waals surface area contributed by atoms with Gasteiger partial charge in [0.05, 0.1) is 13.2 Å². The van der Waals surface area contributed by atoms with Crippen molar-refractivity contribution >= 4 is 0 Å². The van der Waals surface area contributed by atoms with Crippen LogP contribution in [0.2, 0.25) is 0 Å². The number of hydrogen-bond acceptors (Lipinski definition) is 2. The standard InChI is InChI=1S/C14H18F2O2/c1-18-12-4-2-3-10(7-12)8-13(17)11-5-6-14(15,16)9-11/h2-4,7,11,13,17H,5-6,8-9H2,1H3. The molecule has 18 heavy (non-hydrogen) atoms. The minimum absolute atomic E-state index is 0.104. The lowest BCUT2D eigenvalue weighted by atomic mass is 9.94. The Hall–Kier alpha value is -1.16. The van der Waals surface area contributed by atoms with Gasteiger partial charge in [0.15, 0.2) is 0 Å². The molecule has 0 spiro atoms. The first-order valence-electron chi connectivity index (χ1n) is 6.19. The van der Waals surface area contributed by atoms with Crippen molar-refractivity contribution in [3.8, 4) is 5.75 Å². The van der Waals surface area contributed by atoms with Gasteiger partial charge in [-0.15, -0.1) is 0 Å². The first kappa shape index (κ1) is 13.3. The zero-order valence-electron chi connectivity index (χ0n) is 10.4. The summed E-state index contributed by atoms with van der Waals surface area (Å²) in [5.41, 5.74) is 0.914. The maximum Gasteiger partial charge on any atom is 0.248 e.